The summed E-state index contributed by atoms with van der Waals surface area (Å²) < 4.78 is 103. The highest BCUT2D eigenvalue weighted by molar-refractivity contribution is 7.92. The Kier molecular flexibility index (Phi) is 5.34. The van der Waals surface area contributed by atoms with Crippen molar-refractivity contribution in [1.82, 2.24) is 4.98 Å². The van der Waals surface area contributed by atoms with Crippen LogP contribution in [0.25, 0.3) is 0 Å². The SMILES string of the molecule is O=C(Nc1ccccc1S(=O)(=O)C(F)(F)F)C1=CCC2(c3ncccc3C(F)(F)F)CC2C1. The smallest absolute Gasteiger partial charge is 0.321 e. The summed E-state index contributed by atoms with van der Waals surface area (Å²) in [5.41, 5.74) is -7.69. The van der Waals surface area contributed by atoms with Gasteiger partial charge in [-0.2, -0.15) is 26.3 Å². The number of halogens is 6. The van der Waals surface area contributed by atoms with Gasteiger partial charge in [-0.15, -0.1) is 0 Å². The number of carbonyl (C=O) groups is 1. The third-order valence-electron chi connectivity index (χ3n) is 6.02. The molecule has 1 amide bonds. The predicted molar refractivity (Wildman–Crippen MR) is 105 cm³/mol. The minimum absolute atomic E-state index is 0.0835. The van der Waals surface area contributed by atoms with Crippen molar-refractivity contribution in [2.24, 2.45) is 5.92 Å². The number of anilines is 1. The molecule has 4 rings (SSSR count). The number of amides is 1. The van der Waals surface area contributed by atoms with E-state index in [0.717, 1.165) is 24.3 Å². The quantitative estimate of drug-likeness (QED) is 0.612. The molecule has 2 aromatic rings. The van der Waals surface area contributed by atoms with Crippen LogP contribution in [0.15, 0.2) is 59.1 Å². The van der Waals surface area contributed by atoms with Crippen LogP contribution in [0.1, 0.15) is 30.5 Å². The second-order valence-electron chi connectivity index (χ2n) is 7.99. The summed E-state index contributed by atoms with van der Waals surface area (Å²) in [7, 11) is -5.70. The predicted octanol–water partition coefficient (Wildman–Crippen LogP) is 5.01. The Morgan fingerprint density at radius 2 is 1.76 bits per heavy atom. The van der Waals surface area contributed by atoms with Crippen molar-refractivity contribution in [2.75, 3.05) is 5.32 Å². The van der Waals surface area contributed by atoms with Gasteiger partial charge in [0.05, 0.1) is 21.8 Å². The van der Waals surface area contributed by atoms with Crippen LogP contribution in [-0.4, -0.2) is 24.8 Å². The monoisotopic (exact) mass is 490 g/mol. The van der Waals surface area contributed by atoms with Gasteiger partial charge >= 0.3 is 11.7 Å². The molecule has 2 aliphatic rings. The second kappa shape index (κ2) is 7.57. The molecule has 2 atom stereocenters. The van der Waals surface area contributed by atoms with E-state index in [1.165, 1.54) is 24.4 Å². The fraction of sp³-hybridized carbons (Fsp3) is 0.333. The Labute approximate surface area is 184 Å². The van der Waals surface area contributed by atoms with Crippen molar-refractivity contribution in [3.05, 3.63) is 65.5 Å². The maximum absolute atomic E-state index is 13.4. The summed E-state index contributed by atoms with van der Waals surface area (Å²) in [4.78, 5) is 15.5. The molecule has 12 heteroatoms. The number of sulfone groups is 1. The maximum atomic E-state index is 13.4. The molecule has 0 radical (unpaired) electrons. The van der Waals surface area contributed by atoms with Gasteiger partial charge in [0, 0.05) is 17.2 Å². The summed E-state index contributed by atoms with van der Waals surface area (Å²) in [6.45, 7) is 0. The third-order valence-corrected chi connectivity index (χ3v) is 7.56. The molecular formula is C21H16F6N2O3S. The zero-order chi connectivity index (χ0) is 24.2. The van der Waals surface area contributed by atoms with Crippen LogP contribution in [0.4, 0.5) is 32.0 Å². The number of allylic oxidation sites excluding steroid dienone is 1. The molecular weight excluding hydrogens is 474 g/mol. The van der Waals surface area contributed by atoms with Crippen molar-refractivity contribution in [2.45, 2.75) is 41.3 Å². The van der Waals surface area contributed by atoms with E-state index in [-0.39, 0.29) is 30.0 Å². The zero-order valence-electron chi connectivity index (χ0n) is 16.7. The number of pyridine rings is 1. The fourth-order valence-corrected chi connectivity index (χ4v) is 5.20. The standard InChI is InChI=1S/C21H16F6N2O3S/c22-20(23,24)14-4-3-9-28-17(14)19-8-7-12(10-13(19)11-19)18(30)29-15-5-1-2-6-16(15)33(31,32)21(25,26)27/h1-7,9,13H,8,10-11H2,(H,29,30). The summed E-state index contributed by atoms with van der Waals surface area (Å²) in [5.74, 6) is -1.11. The Morgan fingerprint density at radius 3 is 2.39 bits per heavy atom. The number of aromatic nitrogens is 1. The number of para-hydroxylation sites is 1. The van der Waals surface area contributed by atoms with Gasteiger partial charge in [0.15, 0.2) is 0 Å². The zero-order valence-corrected chi connectivity index (χ0v) is 17.5. The first-order chi connectivity index (χ1) is 15.3. The van der Waals surface area contributed by atoms with Gasteiger partial charge < -0.3 is 5.32 Å². The van der Waals surface area contributed by atoms with Gasteiger partial charge in [-0.25, -0.2) is 8.42 Å². The van der Waals surface area contributed by atoms with Crippen LogP contribution in [-0.2, 0) is 26.2 Å². The van der Waals surface area contributed by atoms with Gasteiger partial charge in [-0.1, -0.05) is 18.2 Å². The molecule has 1 N–H and O–H groups in total. The number of benzene rings is 1. The molecule has 0 spiro atoms. The second-order valence-corrected chi connectivity index (χ2v) is 9.90. The first-order valence-electron chi connectivity index (χ1n) is 9.71. The minimum Gasteiger partial charge on any atom is -0.321 e. The summed E-state index contributed by atoms with van der Waals surface area (Å²) in [6.07, 6.45) is -1.30. The molecule has 2 aliphatic carbocycles. The van der Waals surface area contributed by atoms with E-state index < -0.39 is 49.0 Å². The number of carbonyl (C=O) groups excluding carboxylic acids is 1. The van der Waals surface area contributed by atoms with Gasteiger partial charge in [-0.3, -0.25) is 9.78 Å². The highest BCUT2D eigenvalue weighted by Gasteiger charge is 2.60. The average molecular weight is 490 g/mol. The molecule has 1 aromatic carbocycles. The Bertz CT molecular complexity index is 1250. The number of hydrogen-bond donors (Lipinski definition) is 1. The molecule has 1 saturated carbocycles. The lowest BCUT2D eigenvalue weighted by atomic mass is 9.84. The molecule has 1 fully saturated rings. The molecule has 1 aromatic heterocycles. The Hall–Kier alpha value is -2.89. The first kappa shape index (κ1) is 23.3. The number of fused-ring (bicyclic) bond motifs is 1. The van der Waals surface area contributed by atoms with E-state index in [9.17, 15) is 39.6 Å². The lowest BCUT2D eigenvalue weighted by molar-refractivity contribution is -0.138. The van der Waals surface area contributed by atoms with E-state index in [2.05, 4.69) is 10.3 Å². The molecule has 2 unspecified atom stereocenters. The van der Waals surface area contributed by atoms with Crippen LogP contribution in [0.2, 0.25) is 0 Å². The van der Waals surface area contributed by atoms with Crippen LogP contribution in [0.3, 0.4) is 0 Å². The number of alkyl halides is 6. The van der Waals surface area contributed by atoms with Crippen LogP contribution >= 0.6 is 0 Å². The number of rotatable bonds is 4. The molecule has 33 heavy (non-hydrogen) atoms. The first-order valence-corrected chi connectivity index (χ1v) is 11.2. The largest absolute Gasteiger partial charge is 0.501 e. The number of nitrogens with zero attached hydrogens (tertiary/aromatic N) is 1. The Morgan fingerprint density at radius 1 is 1.06 bits per heavy atom. The summed E-state index contributed by atoms with van der Waals surface area (Å²) >= 11 is 0. The van der Waals surface area contributed by atoms with Crippen molar-refractivity contribution in [3.63, 3.8) is 0 Å². The topological polar surface area (TPSA) is 76.1 Å². The van der Waals surface area contributed by atoms with Crippen LogP contribution in [0, 0.1) is 5.92 Å². The van der Waals surface area contributed by atoms with E-state index in [1.807, 2.05) is 0 Å². The van der Waals surface area contributed by atoms with E-state index >= 15 is 0 Å². The molecule has 0 saturated heterocycles. The lowest BCUT2D eigenvalue weighted by Gasteiger charge is -2.24. The highest BCUT2D eigenvalue weighted by Crippen LogP contribution is 2.63. The van der Waals surface area contributed by atoms with Crippen molar-refractivity contribution >= 4 is 21.4 Å². The molecule has 176 valence electrons. The van der Waals surface area contributed by atoms with E-state index in [1.54, 1.807) is 0 Å². The molecule has 0 aliphatic heterocycles. The normalized spacial score (nSPS) is 22.8. The average Bonchev–Trinajstić information content (AvgIpc) is 3.47. The molecule has 1 heterocycles. The van der Waals surface area contributed by atoms with Crippen molar-refractivity contribution < 1.29 is 39.6 Å². The number of nitrogens with one attached hydrogen (secondary N) is 1. The highest BCUT2D eigenvalue weighted by atomic mass is 32.2. The van der Waals surface area contributed by atoms with Gasteiger partial charge in [-0.05, 0) is 49.4 Å². The minimum atomic E-state index is -5.70. The Balaban J connectivity index is 1.58. The van der Waals surface area contributed by atoms with Crippen molar-refractivity contribution in [1.29, 1.82) is 0 Å². The fourth-order valence-electron chi connectivity index (χ4n) is 4.29. The molecule has 5 nitrogen and oxygen atoms in total. The molecule has 0 bridgehead atoms. The lowest BCUT2D eigenvalue weighted by Crippen LogP contribution is -2.26. The van der Waals surface area contributed by atoms with Gasteiger partial charge in [0.1, 0.15) is 0 Å². The number of hydrogen-bond acceptors (Lipinski definition) is 4. The van der Waals surface area contributed by atoms with Crippen LogP contribution < -0.4 is 5.32 Å². The maximum Gasteiger partial charge on any atom is 0.501 e. The summed E-state index contributed by atoms with van der Waals surface area (Å²) in [5, 5.41) is 2.20. The van der Waals surface area contributed by atoms with Gasteiger partial charge in [0.2, 0.25) is 0 Å². The van der Waals surface area contributed by atoms with Crippen molar-refractivity contribution in [3.8, 4) is 0 Å². The summed E-state index contributed by atoms with van der Waals surface area (Å²) in [6, 6.07) is 6.29. The van der Waals surface area contributed by atoms with Gasteiger partial charge in [0.25, 0.3) is 15.7 Å². The van der Waals surface area contributed by atoms with E-state index in [0.29, 0.717) is 6.42 Å². The van der Waals surface area contributed by atoms with Crippen LogP contribution in [0.5, 0.6) is 0 Å². The van der Waals surface area contributed by atoms with E-state index in [4.69, 9.17) is 0 Å². The third kappa shape index (κ3) is 4.00.